The lowest BCUT2D eigenvalue weighted by molar-refractivity contribution is -0.135. The SMILES string of the molecule is C[C@@H]1OC=C(C(=O)O)C2CC3c4[nH]c5ccccc5c4CCN3CC21.NCCO.[HH].[HH]. The highest BCUT2D eigenvalue weighted by Crippen LogP contribution is 2.47. The maximum atomic E-state index is 11.7. The smallest absolute Gasteiger partial charge is 0.334 e. The van der Waals surface area contributed by atoms with Crippen LogP contribution in [0, 0.1) is 11.8 Å². The molecule has 0 amide bonds. The minimum atomic E-state index is -0.844. The van der Waals surface area contributed by atoms with Gasteiger partial charge in [-0.1, -0.05) is 18.2 Å². The Balaban J connectivity index is 0.000000527. The Kier molecular flexibility index (Phi) is 5.63. The molecule has 3 aliphatic rings. The van der Waals surface area contributed by atoms with Crippen molar-refractivity contribution in [3.8, 4) is 0 Å². The Bertz CT molecular complexity index is 931. The second kappa shape index (κ2) is 8.18. The molecule has 5 N–H and O–H groups in total. The van der Waals surface area contributed by atoms with E-state index in [1.807, 2.05) is 0 Å². The summed E-state index contributed by atoms with van der Waals surface area (Å²) in [5.74, 6) is -0.541. The van der Waals surface area contributed by atoms with E-state index in [9.17, 15) is 9.90 Å². The van der Waals surface area contributed by atoms with Crippen LogP contribution < -0.4 is 5.73 Å². The predicted octanol–water partition coefficient (Wildman–Crippen LogP) is 2.52. The van der Waals surface area contributed by atoms with Crippen molar-refractivity contribution in [2.45, 2.75) is 31.9 Å². The quantitative estimate of drug-likeness (QED) is 0.613. The van der Waals surface area contributed by atoms with Crippen molar-refractivity contribution in [1.82, 2.24) is 9.88 Å². The van der Waals surface area contributed by atoms with Gasteiger partial charge in [0.15, 0.2) is 0 Å². The fraction of sp³-hybridized carbons (Fsp3) is 0.500. The van der Waals surface area contributed by atoms with Gasteiger partial charge < -0.3 is 25.7 Å². The molecule has 160 valence electrons. The molecule has 29 heavy (non-hydrogen) atoms. The van der Waals surface area contributed by atoms with Crippen LogP contribution in [-0.2, 0) is 16.0 Å². The number of H-pyrrole nitrogens is 1. The van der Waals surface area contributed by atoms with Crippen molar-refractivity contribution < 1.29 is 22.6 Å². The Morgan fingerprint density at radius 2 is 2.17 bits per heavy atom. The van der Waals surface area contributed by atoms with Gasteiger partial charge in [-0.15, -0.1) is 0 Å². The molecule has 7 heteroatoms. The second-order valence-corrected chi connectivity index (χ2v) is 8.06. The summed E-state index contributed by atoms with van der Waals surface area (Å²) in [4.78, 5) is 17.8. The largest absolute Gasteiger partial charge is 0.497 e. The summed E-state index contributed by atoms with van der Waals surface area (Å²) in [5.41, 5.74) is 9.10. The number of fused-ring (bicyclic) bond motifs is 6. The molecule has 1 aromatic carbocycles. The average Bonchev–Trinajstić information content (AvgIpc) is 3.12. The minimum absolute atomic E-state index is 0. The number of hydrogen-bond donors (Lipinski definition) is 4. The number of aliphatic hydroxyl groups is 1. The van der Waals surface area contributed by atoms with E-state index in [0.29, 0.717) is 12.1 Å². The van der Waals surface area contributed by atoms with Crippen LogP contribution in [0.4, 0.5) is 0 Å². The van der Waals surface area contributed by atoms with Crippen LogP contribution in [-0.4, -0.2) is 58.4 Å². The highest BCUT2D eigenvalue weighted by molar-refractivity contribution is 5.87. The number of aliphatic carboxylic acids is 1. The molecular weight excluding hydrogens is 370 g/mol. The lowest BCUT2D eigenvalue weighted by Crippen LogP contribution is -2.51. The van der Waals surface area contributed by atoms with Crippen LogP contribution in [0.3, 0.4) is 0 Å². The molecule has 1 aromatic heterocycles. The first-order chi connectivity index (χ1) is 14.0. The van der Waals surface area contributed by atoms with Gasteiger partial charge in [-0.05, 0) is 31.4 Å². The zero-order chi connectivity index (χ0) is 20.5. The van der Waals surface area contributed by atoms with Gasteiger partial charge in [-0.25, -0.2) is 4.79 Å². The first kappa shape index (κ1) is 19.9. The Labute approximate surface area is 173 Å². The summed E-state index contributed by atoms with van der Waals surface area (Å²) in [7, 11) is 0. The first-order valence-electron chi connectivity index (χ1n) is 10.3. The lowest BCUT2D eigenvalue weighted by Gasteiger charge is -2.49. The predicted molar refractivity (Wildman–Crippen MR) is 115 cm³/mol. The van der Waals surface area contributed by atoms with Gasteiger partial charge in [-0.2, -0.15) is 0 Å². The number of carbonyl (C=O) groups is 1. The molecule has 4 atom stereocenters. The molecule has 1 fully saturated rings. The highest BCUT2D eigenvalue weighted by Gasteiger charge is 2.46. The Morgan fingerprint density at radius 1 is 1.41 bits per heavy atom. The summed E-state index contributed by atoms with van der Waals surface area (Å²) < 4.78 is 5.64. The van der Waals surface area contributed by atoms with Crippen LogP contribution in [0.1, 0.15) is 33.5 Å². The molecule has 1 saturated heterocycles. The monoisotopic (exact) mass is 403 g/mol. The second-order valence-electron chi connectivity index (χ2n) is 8.06. The standard InChI is InChI=1S/C20H22N2O3.C2H7NO.2H2/c1-11-15-9-22-7-6-13-12-4-2-3-5-17(12)21-19(13)18(22)8-14(15)16(10-25-11)20(23)24;3-1-2-4;;/h2-5,10-11,14-15,18,21H,6-9H2,1H3,(H,23,24);4H,1-3H2;2*1H/t11-,14?,15?,18?;;;/m0.../s1. The van der Waals surface area contributed by atoms with Crippen molar-refractivity contribution in [1.29, 1.82) is 0 Å². The van der Waals surface area contributed by atoms with E-state index in [4.69, 9.17) is 15.6 Å². The van der Waals surface area contributed by atoms with Crippen molar-refractivity contribution in [3.05, 3.63) is 47.4 Å². The number of nitrogens with zero attached hydrogens (tertiary/aromatic N) is 1. The number of aromatic nitrogens is 1. The van der Waals surface area contributed by atoms with Crippen LogP contribution in [0.5, 0.6) is 0 Å². The third kappa shape index (κ3) is 3.54. The number of nitrogens with two attached hydrogens (primary N) is 1. The van der Waals surface area contributed by atoms with Gasteiger partial charge in [0.25, 0.3) is 0 Å². The van der Waals surface area contributed by atoms with E-state index >= 15 is 0 Å². The summed E-state index contributed by atoms with van der Waals surface area (Å²) in [6.45, 7) is 4.46. The van der Waals surface area contributed by atoms with Crippen molar-refractivity contribution >= 4 is 16.9 Å². The number of carboxylic acid groups (broad SMARTS) is 1. The fourth-order valence-corrected chi connectivity index (χ4v) is 5.08. The average molecular weight is 404 g/mol. The number of ether oxygens (including phenoxy) is 1. The van der Waals surface area contributed by atoms with Crippen LogP contribution in [0.15, 0.2) is 36.1 Å². The van der Waals surface area contributed by atoms with Crippen molar-refractivity contribution in [2.75, 3.05) is 26.2 Å². The van der Waals surface area contributed by atoms with E-state index in [1.54, 1.807) is 0 Å². The molecule has 7 nitrogen and oxygen atoms in total. The number of nitrogens with one attached hydrogen (secondary N) is 1. The Hall–Kier alpha value is -2.35. The zero-order valence-corrected chi connectivity index (χ0v) is 16.7. The number of rotatable bonds is 2. The van der Waals surface area contributed by atoms with Crippen LogP contribution in [0.2, 0.25) is 0 Å². The topological polar surface area (TPSA) is 112 Å². The third-order valence-electron chi connectivity index (χ3n) is 6.50. The summed E-state index contributed by atoms with van der Waals surface area (Å²) >= 11 is 0. The normalized spacial score (nSPS) is 28.2. The minimum Gasteiger partial charge on any atom is -0.497 e. The molecule has 0 spiro atoms. The maximum Gasteiger partial charge on any atom is 0.334 e. The number of aromatic amines is 1. The molecule has 2 aromatic rings. The lowest BCUT2D eigenvalue weighted by atomic mass is 9.72. The van der Waals surface area contributed by atoms with Gasteiger partial charge in [0, 0.05) is 50.9 Å². The highest BCUT2D eigenvalue weighted by atomic mass is 16.5. The summed E-state index contributed by atoms with van der Waals surface area (Å²) in [6.07, 6.45) is 3.44. The van der Waals surface area contributed by atoms with Gasteiger partial charge >= 0.3 is 5.97 Å². The third-order valence-corrected chi connectivity index (χ3v) is 6.50. The molecule has 0 saturated carbocycles. The zero-order valence-electron chi connectivity index (χ0n) is 16.7. The molecule has 4 heterocycles. The Morgan fingerprint density at radius 3 is 2.90 bits per heavy atom. The molecule has 3 unspecified atom stereocenters. The number of para-hydroxylation sites is 1. The van der Waals surface area contributed by atoms with E-state index in [1.165, 1.54) is 28.4 Å². The van der Waals surface area contributed by atoms with Crippen LogP contribution in [0.25, 0.3) is 10.9 Å². The molecular formula is C22H33N3O4. The molecule has 0 radical (unpaired) electrons. The van der Waals surface area contributed by atoms with Crippen LogP contribution >= 0.6 is 0 Å². The number of piperidine rings is 1. The number of benzene rings is 1. The number of hydrogen-bond acceptors (Lipinski definition) is 5. The van der Waals surface area contributed by atoms with E-state index in [2.05, 4.69) is 41.1 Å². The maximum absolute atomic E-state index is 11.7. The van der Waals surface area contributed by atoms with E-state index < -0.39 is 5.97 Å². The molecule has 3 aliphatic heterocycles. The summed E-state index contributed by atoms with van der Waals surface area (Å²) in [6, 6.07) is 8.73. The summed E-state index contributed by atoms with van der Waals surface area (Å²) in [5, 5.41) is 18.7. The molecule has 0 bridgehead atoms. The fourth-order valence-electron chi connectivity index (χ4n) is 5.08. The van der Waals surface area contributed by atoms with E-state index in [0.717, 1.165) is 25.9 Å². The van der Waals surface area contributed by atoms with E-state index in [-0.39, 0.29) is 33.4 Å². The first-order valence-corrected chi connectivity index (χ1v) is 10.3. The van der Waals surface area contributed by atoms with Gasteiger partial charge in [0.1, 0.15) is 0 Å². The van der Waals surface area contributed by atoms with Crippen molar-refractivity contribution in [2.24, 2.45) is 17.6 Å². The molecule has 0 aliphatic carbocycles. The van der Waals surface area contributed by atoms with Gasteiger partial charge in [-0.3, -0.25) is 4.90 Å². The van der Waals surface area contributed by atoms with Crippen molar-refractivity contribution in [3.63, 3.8) is 0 Å². The number of carboxylic acids is 1. The van der Waals surface area contributed by atoms with Gasteiger partial charge in [0.05, 0.1) is 30.6 Å². The molecule has 5 rings (SSSR count). The van der Waals surface area contributed by atoms with Gasteiger partial charge in [0.2, 0.25) is 0 Å². The number of aliphatic hydroxyl groups excluding tert-OH is 1.